The minimum atomic E-state index is 0.229. The normalized spacial score (nSPS) is 10.8. The van der Waals surface area contributed by atoms with E-state index in [2.05, 4.69) is 10.2 Å². The van der Waals surface area contributed by atoms with E-state index in [1.54, 1.807) is 24.3 Å². The van der Waals surface area contributed by atoms with Crippen LogP contribution in [0.25, 0.3) is 0 Å². The molecule has 2 N–H and O–H groups in total. The third kappa shape index (κ3) is 4.35. The quantitative estimate of drug-likeness (QED) is 0.513. The minimum absolute atomic E-state index is 0.229. The number of hydrogen-bond acceptors (Lipinski definition) is 5. The van der Waals surface area contributed by atoms with Crippen molar-refractivity contribution in [3.63, 3.8) is 0 Å². The lowest BCUT2D eigenvalue weighted by Crippen LogP contribution is -2.15. The maximum absolute atomic E-state index is 6.03. The molecule has 0 fully saturated rings. The number of nitrogen functional groups attached to an aromatic ring is 1. The van der Waals surface area contributed by atoms with Gasteiger partial charge in [0.15, 0.2) is 5.82 Å². The molecule has 2 aromatic carbocycles. The summed E-state index contributed by atoms with van der Waals surface area (Å²) in [6.07, 6.45) is 0. The maximum Gasteiger partial charge on any atom is 0.210 e. The molecule has 0 radical (unpaired) electrons. The lowest BCUT2D eigenvalue weighted by Gasteiger charge is -2.06. The molecular weight excluding hydrogens is 367 g/mol. The van der Waals surface area contributed by atoms with Crippen molar-refractivity contribution in [1.29, 1.82) is 0 Å². The zero-order valence-electron chi connectivity index (χ0n) is 12.5. The maximum atomic E-state index is 6.03. The second-order valence-corrected chi connectivity index (χ2v) is 6.74. The molecular formula is C16H14Cl2N4OS. The van der Waals surface area contributed by atoms with Crippen molar-refractivity contribution in [1.82, 2.24) is 14.9 Å². The molecule has 124 valence electrons. The van der Waals surface area contributed by atoms with E-state index in [-0.39, 0.29) is 6.61 Å². The van der Waals surface area contributed by atoms with Gasteiger partial charge in [0.25, 0.3) is 0 Å². The van der Waals surface area contributed by atoms with E-state index in [0.717, 1.165) is 11.3 Å². The average molecular weight is 381 g/mol. The fourth-order valence-corrected chi connectivity index (χ4v) is 2.99. The molecule has 1 heterocycles. The molecule has 0 aliphatic heterocycles. The molecule has 0 saturated carbocycles. The van der Waals surface area contributed by atoms with Gasteiger partial charge in [0.1, 0.15) is 12.4 Å². The van der Waals surface area contributed by atoms with Gasteiger partial charge in [-0.25, -0.2) is 4.68 Å². The van der Waals surface area contributed by atoms with Gasteiger partial charge in [-0.3, -0.25) is 0 Å². The summed E-state index contributed by atoms with van der Waals surface area (Å²) < 4.78 is 7.07. The second kappa shape index (κ2) is 7.79. The largest absolute Gasteiger partial charge is 0.486 e. The predicted octanol–water partition coefficient (Wildman–Crippen LogP) is 4.17. The average Bonchev–Trinajstić information content (AvgIpc) is 2.94. The first-order valence-electron chi connectivity index (χ1n) is 7.07. The van der Waals surface area contributed by atoms with E-state index in [4.69, 9.17) is 33.8 Å². The van der Waals surface area contributed by atoms with Crippen LogP contribution in [-0.4, -0.2) is 14.9 Å². The van der Waals surface area contributed by atoms with Crippen LogP contribution >= 0.6 is 35.0 Å². The van der Waals surface area contributed by atoms with Crippen LogP contribution in [0.15, 0.2) is 53.7 Å². The summed E-state index contributed by atoms with van der Waals surface area (Å²) in [5, 5.41) is 10.2. The van der Waals surface area contributed by atoms with Crippen molar-refractivity contribution in [2.45, 2.75) is 17.5 Å². The zero-order chi connectivity index (χ0) is 16.9. The molecule has 0 atom stereocenters. The summed E-state index contributed by atoms with van der Waals surface area (Å²) in [5.41, 5.74) is 1.13. The first-order valence-corrected chi connectivity index (χ1v) is 8.81. The van der Waals surface area contributed by atoms with Crippen LogP contribution in [0.1, 0.15) is 11.4 Å². The third-order valence-corrected chi connectivity index (χ3v) is 4.72. The lowest BCUT2D eigenvalue weighted by molar-refractivity contribution is 0.291. The van der Waals surface area contributed by atoms with Crippen molar-refractivity contribution in [3.05, 3.63) is 70.0 Å². The smallest absolute Gasteiger partial charge is 0.210 e. The Morgan fingerprint density at radius 3 is 2.25 bits per heavy atom. The van der Waals surface area contributed by atoms with E-state index < -0.39 is 0 Å². The van der Waals surface area contributed by atoms with Gasteiger partial charge in [-0.2, -0.15) is 0 Å². The SMILES string of the molecule is Nn1c(COc2ccc(Cl)cc2)nnc1SCc1ccc(Cl)cc1. The standard InChI is InChI=1S/C16H14Cl2N4OS/c17-12-3-1-11(2-4-12)10-24-16-21-20-15(22(16)19)9-23-14-7-5-13(18)6-8-14/h1-8H,9-10,19H2. The summed E-state index contributed by atoms with van der Waals surface area (Å²) in [6, 6.07) is 14.8. The van der Waals surface area contributed by atoms with Gasteiger partial charge in [-0.1, -0.05) is 47.1 Å². The first-order chi connectivity index (χ1) is 11.6. The van der Waals surface area contributed by atoms with Crippen molar-refractivity contribution >= 4 is 35.0 Å². The number of benzene rings is 2. The van der Waals surface area contributed by atoms with Crippen LogP contribution in [0.3, 0.4) is 0 Å². The lowest BCUT2D eigenvalue weighted by atomic mass is 10.2. The van der Waals surface area contributed by atoms with Gasteiger partial charge < -0.3 is 10.6 Å². The molecule has 3 aromatic rings. The van der Waals surface area contributed by atoms with Gasteiger partial charge in [0, 0.05) is 15.8 Å². The first kappa shape index (κ1) is 17.0. The highest BCUT2D eigenvalue weighted by molar-refractivity contribution is 7.98. The molecule has 5 nitrogen and oxygen atoms in total. The topological polar surface area (TPSA) is 66.0 Å². The van der Waals surface area contributed by atoms with Gasteiger partial charge in [-0.15, -0.1) is 10.2 Å². The van der Waals surface area contributed by atoms with Crippen LogP contribution in [0, 0.1) is 0 Å². The fourth-order valence-electron chi connectivity index (χ4n) is 1.91. The highest BCUT2D eigenvalue weighted by Gasteiger charge is 2.11. The number of aromatic nitrogens is 3. The number of rotatable bonds is 6. The highest BCUT2D eigenvalue weighted by atomic mass is 35.5. The Hall–Kier alpha value is -1.89. The Kier molecular flexibility index (Phi) is 5.50. The van der Waals surface area contributed by atoms with E-state index in [1.807, 2.05) is 24.3 Å². The van der Waals surface area contributed by atoms with Crippen LogP contribution < -0.4 is 10.6 Å². The van der Waals surface area contributed by atoms with Crippen LogP contribution in [0.5, 0.6) is 5.75 Å². The Bertz CT molecular complexity index is 739. The van der Waals surface area contributed by atoms with E-state index >= 15 is 0 Å². The molecule has 0 aliphatic rings. The molecule has 0 spiro atoms. The molecule has 0 aliphatic carbocycles. The Balaban J connectivity index is 1.58. The van der Waals surface area contributed by atoms with Gasteiger partial charge in [-0.05, 0) is 42.0 Å². The third-order valence-electron chi connectivity index (χ3n) is 3.20. The molecule has 3 rings (SSSR count). The van der Waals surface area contributed by atoms with Crippen LogP contribution in [-0.2, 0) is 12.4 Å². The molecule has 8 heteroatoms. The Morgan fingerprint density at radius 2 is 1.58 bits per heavy atom. The van der Waals surface area contributed by atoms with Crippen molar-refractivity contribution in [2.24, 2.45) is 0 Å². The van der Waals surface area contributed by atoms with Crippen molar-refractivity contribution < 1.29 is 4.74 Å². The van der Waals surface area contributed by atoms with Crippen molar-refractivity contribution in [2.75, 3.05) is 5.84 Å². The van der Waals surface area contributed by atoms with Crippen LogP contribution in [0.2, 0.25) is 10.0 Å². The summed E-state index contributed by atoms with van der Waals surface area (Å²) in [6.45, 7) is 0.229. The monoisotopic (exact) mass is 380 g/mol. The summed E-state index contributed by atoms with van der Waals surface area (Å²) >= 11 is 13.2. The number of thioether (sulfide) groups is 1. The van der Waals surface area contributed by atoms with E-state index in [0.29, 0.717) is 26.8 Å². The molecule has 24 heavy (non-hydrogen) atoms. The number of nitrogens with two attached hydrogens (primary N) is 1. The minimum Gasteiger partial charge on any atom is -0.486 e. The molecule has 0 unspecified atom stereocenters. The number of hydrogen-bond donors (Lipinski definition) is 1. The van der Waals surface area contributed by atoms with Gasteiger partial charge in [0.05, 0.1) is 0 Å². The summed E-state index contributed by atoms with van der Waals surface area (Å²) in [5.74, 6) is 7.99. The zero-order valence-corrected chi connectivity index (χ0v) is 14.9. The molecule has 1 aromatic heterocycles. The van der Waals surface area contributed by atoms with Gasteiger partial charge >= 0.3 is 0 Å². The predicted molar refractivity (Wildman–Crippen MR) is 97.0 cm³/mol. The summed E-state index contributed by atoms with van der Waals surface area (Å²) in [4.78, 5) is 0. The second-order valence-electron chi connectivity index (χ2n) is 4.93. The van der Waals surface area contributed by atoms with Crippen LogP contribution in [0.4, 0.5) is 0 Å². The number of nitrogens with zero attached hydrogens (tertiary/aromatic N) is 3. The highest BCUT2D eigenvalue weighted by Crippen LogP contribution is 2.22. The molecule has 0 amide bonds. The summed E-state index contributed by atoms with van der Waals surface area (Å²) in [7, 11) is 0. The van der Waals surface area contributed by atoms with E-state index in [9.17, 15) is 0 Å². The molecule has 0 bridgehead atoms. The Labute approximate surface area is 153 Å². The van der Waals surface area contributed by atoms with Crippen molar-refractivity contribution in [3.8, 4) is 5.75 Å². The fraction of sp³-hybridized carbons (Fsp3) is 0.125. The number of halogens is 2. The number of ether oxygens (including phenoxy) is 1. The van der Waals surface area contributed by atoms with Gasteiger partial charge in [0.2, 0.25) is 5.16 Å². The van der Waals surface area contributed by atoms with E-state index in [1.165, 1.54) is 16.4 Å². The molecule has 0 saturated heterocycles. The Morgan fingerprint density at radius 1 is 0.958 bits per heavy atom.